The van der Waals surface area contributed by atoms with E-state index in [0.29, 0.717) is 22.9 Å². The van der Waals surface area contributed by atoms with Gasteiger partial charge in [0.1, 0.15) is 10.4 Å². The molecule has 0 amide bonds. The first-order valence-electron chi connectivity index (χ1n) is 5.06. The lowest BCUT2D eigenvalue weighted by Gasteiger charge is -2.16. The number of rotatable bonds is 3. The maximum absolute atomic E-state index is 5.67. The third kappa shape index (κ3) is 3.13. The number of nitrogens with zero attached hydrogens (tertiary/aromatic N) is 4. The van der Waals surface area contributed by atoms with E-state index in [0.717, 1.165) is 5.69 Å². The molecule has 0 atom stereocenters. The molecular weight excluding hydrogens is 282 g/mol. The van der Waals surface area contributed by atoms with Crippen molar-refractivity contribution < 1.29 is 0 Å². The van der Waals surface area contributed by atoms with E-state index in [4.69, 9.17) is 5.73 Å². The molecular formula is C11H12BrN5. The summed E-state index contributed by atoms with van der Waals surface area (Å²) in [5.41, 5.74) is 6.62. The molecule has 0 aliphatic rings. The standard InChI is InChI=1S/C11H12BrN5/c1-17(7-8-4-2-3-5-14-8)11-15-9(12)6-10(13)16-11/h2-6H,7H2,1H3,(H2,13,15,16). The Balaban J connectivity index is 2.17. The quantitative estimate of drug-likeness (QED) is 0.875. The summed E-state index contributed by atoms with van der Waals surface area (Å²) in [5.74, 6) is 1.01. The molecule has 5 nitrogen and oxygen atoms in total. The van der Waals surface area contributed by atoms with Crippen LogP contribution in [0.4, 0.5) is 11.8 Å². The van der Waals surface area contributed by atoms with Crippen molar-refractivity contribution in [2.45, 2.75) is 6.54 Å². The highest BCUT2D eigenvalue weighted by Crippen LogP contribution is 2.16. The number of aromatic nitrogens is 3. The Bertz CT molecular complexity index is 482. The SMILES string of the molecule is CN(Cc1ccccn1)c1nc(N)cc(Br)n1. The summed E-state index contributed by atoms with van der Waals surface area (Å²) in [6.07, 6.45) is 1.76. The summed E-state index contributed by atoms with van der Waals surface area (Å²) >= 11 is 3.29. The van der Waals surface area contributed by atoms with E-state index in [1.54, 1.807) is 12.3 Å². The highest BCUT2D eigenvalue weighted by molar-refractivity contribution is 9.10. The zero-order valence-electron chi connectivity index (χ0n) is 9.34. The number of hydrogen-bond donors (Lipinski definition) is 1. The Labute approximate surface area is 108 Å². The molecule has 0 aliphatic carbocycles. The van der Waals surface area contributed by atoms with Crippen LogP contribution in [0.3, 0.4) is 0 Å². The second kappa shape index (κ2) is 5.09. The molecule has 2 rings (SSSR count). The van der Waals surface area contributed by atoms with E-state index < -0.39 is 0 Å². The van der Waals surface area contributed by atoms with Gasteiger partial charge in [0.25, 0.3) is 0 Å². The number of hydrogen-bond acceptors (Lipinski definition) is 5. The van der Waals surface area contributed by atoms with Crippen molar-refractivity contribution in [3.8, 4) is 0 Å². The lowest BCUT2D eigenvalue weighted by Crippen LogP contribution is -2.20. The summed E-state index contributed by atoms with van der Waals surface area (Å²) in [4.78, 5) is 14.6. The predicted molar refractivity (Wildman–Crippen MR) is 70.5 cm³/mol. The van der Waals surface area contributed by atoms with E-state index in [-0.39, 0.29) is 0 Å². The Hall–Kier alpha value is -1.69. The van der Waals surface area contributed by atoms with Crippen LogP contribution < -0.4 is 10.6 Å². The van der Waals surface area contributed by atoms with Gasteiger partial charge in [0.15, 0.2) is 0 Å². The van der Waals surface area contributed by atoms with Gasteiger partial charge in [-0.25, -0.2) is 4.98 Å². The minimum atomic E-state index is 0.440. The van der Waals surface area contributed by atoms with E-state index in [9.17, 15) is 0 Å². The van der Waals surface area contributed by atoms with Crippen molar-refractivity contribution in [2.75, 3.05) is 17.7 Å². The maximum atomic E-state index is 5.67. The summed E-state index contributed by atoms with van der Waals surface area (Å²) in [7, 11) is 1.90. The third-order valence-electron chi connectivity index (χ3n) is 2.17. The highest BCUT2D eigenvalue weighted by Gasteiger charge is 2.07. The third-order valence-corrected chi connectivity index (χ3v) is 2.58. The fourth-order valence-electron chi connectivity index (χ4n) is 1.40. The summed E-state index contributed by atoms with van der Waals surface area (Å²) in [6, 6.07) is 7.46. The Morgan fingerprint density at radius 1 is 1.35 bits per heavy atom. The van der Waals surface area contributed by atoms with Gasteiger partial charge in [-0.05, 0) is 28.1 Å². The molecule has 0 bridgehead atoms. The van der Waals surface area contributed by atoms with Gasteiger partial charge >= 0.3 is 0 Å². The molecule has 0 aromatic carbocycles. The first-order chi connectivity index (χ1) is 8.15. The molecule has 0 saturated carbocycles. The normalized spacial score (nSPS) is 10.2. The van der Waals surface area contributed by atoms with Gasteiger partial charge in [0.2, 0.25) is 5.95 Å². The van der Waals surface area contributed by atoms with Crippen LogP contribution in [0.5, 0.6) is 0 Å². The van der Waals surface area contributed by atoms with Crippen molar-refractivity contribution in [2.24, 2.45) is 0 Å². The van der Waals surface area contributed by atoms with Crippen molar-refractivity contribution in [3.05, 3.63) is 40.8 Å². The van der Waals surface area contributed by atoms with Crippen molar-refractivity contribution in [1.82, 2.24) is 15.0 Å². The zero-order valence-corrected chi connectivity index (χ0v) is 10.9. The van der Waals surface area contributed by atoms with Gasteiger partial charge in [-0.15, -0.1) is 0 Å². The number of halogens is 1. The molecule has 0 spiro atoms. The smallest absolute Gasteiger partial charge is 0.228 e. The minimum Gasteiger partial charge on any atom is -0.383 e. The van der Waals surface area contributed by atoms with E-state index >= 15 is 0 Å². The molecule has 88 valence electrons. The van der Waals surface area contributed by atoms with Gasteiger partial charge < -0.3 is 10.6 Å². The molecule has 6 heteroatoms. The van der Waals surface area contributed by atoms with Crippen LogP contribution >= 0.6 is 15.9 Å². The van der Waals surface area contributed by atoms with Crippen molar-refractivity contribution >= 4 is 27.7 Å². The van der Waals surface area contributed by atoms with Crippen LogP contribution in [-0.2, 0) is 6.54 Å². The first kappa shape index (κ1) is 11.8. The maximum Gasteiger partial charge on any atom is 0.228 e. The minimum absolute atomic E-state index is 0.440. The average Bonchev–Trinajstić information content (AvgIpc) is 2.29. The molecule has 0 saturated heterocycles. The monoisotopic (exact) mass is 293 g/mol. The molecule has 2 aromatic heterocycles. The zero-order chi connectivity index (χ0) is 12.3. The predicted octanol–water partition coefficient (Wildman–Crippen LogP) is 1.85. The molecule has 0 fully saturated rings. The molecule has 2 heterocycles. The number of pyridine rings is 1. The van der Waals surface area contributed by atoms with Crippen molar-refractivity contribution in [3.63, 3.8) is 0 Å². The summed E-state index contributed by atoms with van der Waals surface area (Å²) in [6.45, 7) is 0.636. The Morgan fingerprint density at radius 3 is 2.82 bits per heavy atom. The summed E-state index contributed by atoms with van der Waals surface area (Å²) in [5, 5.41) is 0. The van der Waals surface area contributed by atoms with E-state index in [1.165, 1.54) is 0 Å². The lowest BCUT2D eigenvalue weighted by atomic mass is 10.3. The van der Waals surface area contributed by atoms with Crippen LogP contribution in [-0.4, -0.2) is 22.0 Å². The molecule has 17 heavy (non-hydrogen) atoms. The Kier molecular flexibility index (Phi) is 3.53. The molecule has 2 aromatic rings. The summed E-state index contributed by atoms with van der Waals surface area (Å²) < 4.78 is 0.674. The first-order valence-corrected chi connectivity index (χ1v) is 5.85. The molecule has 0 aliphatic heterocycles. The van der Waals surface area contributed by atoms with E-state index in [2.05, 4.69) is 30.9 Å². The second-order valence-corrected chi connectivity index (χ2v) is 4.41. The average molecular weight is 294 g/mol. The van der Waals surface area contributed by atoms with Gasteiger partial charge in [0.05, 0.1) is 12.2 Å². The second-order valence-electron chi connectivity index (χ2n) is 3.59. The van der Waals surface area contributed by atoms with Crippen molar-refractivity contribution in [1.29, 1.82) is 0 Å². The van der Waals surface area contributed by atoms with Crippen LogP contribution in [0.25, 0.3) is 0 Å². The fourth-order valence-corrected chi connectivity index (χ4v) is 1.79. The molecule has 0 radical (unpaired) electrons. The van der Waals surface area contributed by atoms with Crippen LogP contribution in [0.2, 0.25) is 0 Å². The fraction of sp³-hybridized carbons (Fsp3) is 0.182. The van der Waals surface area contributed by atoms with Gasteiger partial charge in [-0.2, -0.15) is 4.98 Å². The van der Waals surface area contributed by atoms with Crippen LogP contribution in [0.1, 0.15) is 5.69 Å². The van der Waals surface area contributed by atoms with Crippen LogP contribution in [0.15, 0.2) is 35.1 Å². The molecule has 2 N–H and O–H groups in total. The largest absolute Gasteiger partial charge is 0.383 e. The van der Waals surface area contributed by atoms with Gasteiger partial charge in [-0.3, -0.25) is 4.98 Å². The Morgan fingerprint density at radius 2 is 2.18 bits per heavy atom. The highest BCUT2D eigenvalue weighted by atomic mass is 79.9. The molecule has 0 unspecified atom stereocenters. The van der Waals surface area contributed by atoms with Gasteiger partial charge in [0, 0.05) is 19.3 Å². The van der Waals surface area contributed by atoms with Crippen LogP contribution in [0, 0.1) is 0 Å². The number of nitrogens with two attached hydrogens (primary N) is 1. The topological polar surface area (TPSA) is 67.9 Å². The van der Waals surface area contributed by atoms with E-state index in [1.807, 2.05) is 30.1 Å². The van der Waals surface area contributed by atoms with Gasteiger partial charge in [-0.1, -0.05) is 6.07 Å². The number of nitrogen functional groups attached to an aromatic ring is 1. The lowest BCUT2D eigenvalue weighted by molar-refractivity contribution is 0.840. The number of anilines is 2.